The second-order valence-electron chi connectivity index (χ2n) is 5.05. The summed E-state index contributed by atoms with van der Waals surface area (Å²) >= 11 is 1.78. The minimum atomic E-state index is -0.272. The SMILES string of the molecule is C#CCN(C(=O)Nc1cc(NC(C)=O)ccc1OC)C1CSC1. The molecule has 0 unspecified atom stereocenters. The summed E-state index contributed by atoms with van der Waals surface area (Å²) in [5, 5.41) is 5.49. The quantitative estimate of drug-likeness (QED) is 0.811. The van der Waals surface area contributed by atoms with E-state index >= 15 is 0 Å². The molecule has 1 aromatic carbocycles. The van der Waals surface area contributed by atoms with E-state index in [4.69, 9.17) is 11.2 Å². The van der Waals surface area contributed by atoms with Crippen LogP contribution in [-0.4, -0.2) is 48.0 Å². The van der Waals surface area contributed by atoms with Gasteiger partial charge in [0.25, 0.3) is 0 Å². The zero-order chi connectivity index (χ0) is 16.8. The number of methoxy groups -OCH3 is 1. The van der Waals surface area contributed by atoms with Crippen LogP contribution in [0.1, 0.15) is 6.92 Å². The van der Waals surface area contributed by atoms with E-state index in [9.17, 15) is 9.59 Å². The summed E-state index contributed by atoms with van der Waals surface area (Å²) in [6.07, 6.45) is 5.36. The Morgan fingerprint density at radius 1 is 1.43 bits per heavy atom. The molecule has 1 aliphatic heterocycles. The highest BCUT2D eigenvalue weighted by Gasteiger charge is 2.29. The van der Waals surface area contributed by atoms with Crippen LogP contribution in [0.2, 0.25) is 0 Å². The van der Waals surface area contributed by atoms with Crippen LogP contribution in [0.15, 0.2) is 18.2 Å². The van der Waals surface area contributed by atoms with Crippen LogP contribution in [0.5, 0.6) is 5.75 Å². The van der Waals surface area contributed by atoms with E-state index in [1.165, 1.54) is 14.0 Å². The van der Waals surface area contributed by atoms with Gasteiger partial charge in [0.15, 0.2) is 0 Å². The Hall–Kier alpha value is -2.33. The van der Waals surface area contributed by atoms with Crippen molar-refractivity contribution in [3.05, 3.63) is 18.2 Å². The number of nitrogens with zero attached hydrogens (tertiary/aromatic N) is 1. The van der Waals surface area contributed by atoms with Gasteiger partial charge in [-0.3, -0.25) is 4.79 Å². The van der Waals surface area contributed by atoms with Gasteiger partial charge >= 0.3 is 6.03 Å². The second kappa shape index (κ2) is 7.79. The number of amides is 3. The van der Waals surface area contributed by atoms with Crippen molar-refractivity contribution >= 4 is 35.1 Å². The van der Waals surface area contributed by atoms with Crippen molar-refractivity contribution in [1.82, 2.24) is 4.90 Å². The molecular formula is C16H19N3O3S. The van der Waals surface area contributed by atoms with E-state index in [0.29, 0.717) is 17.1 Å². The topological polar surface area (TPSA) is 70.7 Å². The van der Waals surface area contributed by atoms with Gasteiger partial charge in [0.1, 0.15) is 5.75 Å². The highest BCUT2D eigenvalue weighted by atomic mass is 32.2. The first kappa shape index (κ1) is 17.0. The van der Waals surface area contributed by atoms with Gasteiger partial charge in [0.05, 0.1) is 25.4 Å². The molecule has 0 aromatic heterocycles. The van der Waals surface area contributed by atoms with E-state index in [2.05, 4.69) is 16.6 Å². The molecule has 2 N–H and O–H groups in total. The Balaban J connectivity index is 2.17. The first-order chi connectivity index (χ1) is 11.0. The monoisotopic (exact) mass is 333 g/mol. The molecule has 1 aliphatic rings. The van der Waals surface area contributed by atoms with Gasteiger partial charge < -0.3 is 20.3 Å². The number of benzene rings is 1. The summed E-state index contributed by atoms with van der Waals surface area (Å²) in [5.74, 6) is 4.61. The number of thioether (sulfide) groups is 1. The maximum Gasteiger partial charge on any atom is 0.323 e. The maximum absolute atomic E-state index is 12.5. The maximum atomic E-state index is 12.5. The molecular weight excluding hydrogens is 314 g/mol. The van der Waals surface area contributed by atoms with Gasteiger partial charge in [0, 0.05) is 24.1 Å². The molecule has 1 aromatic rings. The fourth-order valence-corrected chi connectivity index (χ4v) is 2.95. The normalized spacial score (nSPS) is 13.4. The lowest BCUT2D eigenvalue weighted by Gasteiger charge is -2.35. The number of ether oxygens (including phenoxy) is 1. The third-order valence-electron chi connectivity index (χ3n) is 3.35. The molecule has 1 saturated heterocycles. The smallest absolute Gasteiger partial charge is 0.323 e. The minimum absolute atomic E-state index is 0.153. The number of hydrogen-bond donors (Lipinski definition) is 2. The molecule has 0 aliphatic carbocycles. The van der Waals surface area contributed by atoms with Gasteiger partial charge in [-0.2, -0.15) is 11.8 Å². The average molecular weight is 333 g/mol. The van der Waals surface area contributed by atoms with Crippen LogP contribution in [0, 0.1) is 12.3 Å². The van der Waals surface area contributed by atoms with Gasteiger partial charge in [-0.15, -0.1) is 6.42 Å². The highest BCUT2D eigenvalue weighted by Crippen LogP contribution is 2.29. The van der Waals surface area contributed by atoms with Gasteiger partial charge in [-0.1, -0.05) is 5.92 Å². The number of carbonyl (C=O) groups is 2. The summed E-state index contributed by atoms with van der Waals surface area (Å²) < 4.78 is 5.26. The first-order valence-electron chi connectivity index (χ1n) is 7.09. The summed E-state index contributed by atoms with van der Waals surface area (Å²) in [6, 6.07) is 4.93. The zero-order valence-corrected chi connectivity index (χ0v) is 13.9. The van der Waals surface area contributed by atoms with E-state index < -0.39 is 0 Å². The average Bonchev–Trinajstić information content (AvgIpc) is 2.44. The third-order valence-corrected chi connectivity index (χ3v) is 4.59. The Kier molecular flexibility index (Phi) is 5.77. The van der Waals surface area contributed by atoms with E-state index in [0.717, 1.165) is 11.5 Å². The lowest BCUT2D eigenvalue weighted by atomic mass is 10.2. The first-order valence-corrected chi connectivity index (χ1v) is 8.25. The Labute approximate surface area is 139 Å². The van der Waals surface area contributed by atoms with Crippen molar-refractivity contribution in [3.63, 3.8) is 0 Å². The summed E-state index contributed by atoms with van der Waals surface area (Å²) in [4.78, 5) is 25.3. The minimum Gasteiger partial charge on any atom is -0.495 e. The summed E-state index contributed by atoms with van der Waals surface area (Å²) in [5.41, 5.74) is 1.06. The zero-order valence-electron chi connectivity index (χ0n) is 13.1. The van der Waals surface area contributed by atoms with Crippen molar-refractivity contribution in [1.29, 1.82) is 0 Å². The molecule has 0 radical (unpaired) electrons. The molecule has 0 saturated carbocycles. The molecule has 3 amide bonds. The van der Waals surface area contributed by atoms with E-state index in [1.807, 2.05) is 0 Å². The van der Waals surface area contributed by atoms with Crippen LogP contribution < -0.4 is 15.4 Å². The Morgan fingerprint density at radius 3 is 2.70 bits per heavy atom. The Morgan fingerprint density at radius 2 is 2.17 bits per heavy atom. The third kappa shape index (κ3) is 4.33. The number of carbonyl (C=O) groups excluding carboxylic acids is 2. The highest BCUT2D eigenvalue weighted by molar-refractivity contribution is 8.00. The lowest BCUT2D eigenvalue weighted by molar-refractivity contribution is -0.114. The largest absolute Gasteiger partial charge is 0.495 e. The standard InChI is InChI=1S/C16H19N3O3S/c1-4-7-19(13-9-23-10-13)16(21)18-14-8-12(17-11(2)20)5-6-15(14)22-3/h1,5-6,8,13H,7,9-10H2,2-3H3,(H,17,20)(H,18,21). The van der Waals surface area contributed by atoms with Gasteiger partial charge in [0.2, 0.25) is 5.91 Å². The number of nitrogens with one attached hydrogen (secondary N) is 2. The van der Waals surface area contributed by atoms with Crippen molar-refractivity contribution < 1.29 is 14.3 Å². The van der Waals surface area contributed by atoms with Crippen molar-refractivity contribution in [2.24, 2.45) is 0 Å². The predicted molar refractivity (Wildman–Crippen MR) is 93.0 cm³/mol. The molecule has 23 heavy (non-hydrogen) atoms. The molecule has 0 bridgehead atoms. The number of anilines is 2. The molecule has 0 spiro atoms. The van der Waals surface area contributed by atoms with Crippen LogP contribution in [-0.2, 0) is 4.79 Å². The molecule has 7 heteroatoms. The van der Waals surface area contributed by atoms with Gasteiger partial charge in [-0.25, -0.2) is 4.79 Å². The van der Waals surface area contributed by atoms with Crippen molar-refractivity contribution in [3.8, 4) is 18.1 Å². The van der Waals surface area contributed by atoms with E-state index in [1.54, 1.807) is 34.9 Å². The molecule has 1 heterocycles. The van der Waals surface area contributed by atoms with E-state index in [-0.39, 0.29) is 24.5 Å². The fraction of sp³-hybridized carbons (Fsp3) is 0.375. The molecule has 0 atom stereocenters. The van der Waals surface area contributed by atoms with Crippen LogP contribution in [0.4, 0.5) is 16.2 Å². The fourth-order valence-electron chi connectivity index (χ4n) is 2.14. The predicted octanol–water partition coefficient (Wildman–Crippen LogP) is 2.24. The number of terminal acetylenes is 1. The lowest BCUT2D eigenvalue weighted by Crippen LogP contribution is -2.49. The van der Waals surface area contributed by atoms with Crippen LogP contribution >= 0.6 is 11.8 Å². The summed E-state index contributed by atoms with van der Waals surface area (Å²) in [6.45, 7) is 1.68. The van der Waals surface area contributed by atoms with Crippen LogP contribution in [0.3, 0.4) is 0 Å². The van der Waals surface area contributed by atoms with Crippen LogP contribution in [0.25, 0.3) is 0 Å². The number of rotatable bonds is 5. The number of hydrogen-bond acceptors (Lipinski definition) is 4. The molecule has 1 fully saturated rings. The van der Waals surface area contributed by atoms with Crippen molar-refractivity contribution in [2.75, 3.05) is 35.8 Å². The summed E-state index contributed by atoms with van der Waals surface area (Å²) in [7, 11) is 1.52. The molecule has 122 valence electrons. The molecule has 2 rings (SSSR count). The second-order valence-corrected chi connectivity index (χ2v) is 6.12. The van der Waals surface area contributed by atoms with Crippen molar-refractivity contribution in [2.45, 2.75) is 13.0 Å². The van der Waals surface area contributed by atoms with Gasteiger partial charge in [-0.05, 0) is 18.2 Å². The Bertz CT molecular complexity index is 638. The number of urea groups is 1. The molecule has 6 nitrogen and oxygen atoms in total.